The van der Waals surface area contributed by atoms with Gasteiger partial charge in [-0.05, 0) is 38.5 Å². The molecule has 3 rings (SSSR count). The first-order valence-corrected chi connectivity index (χ1v) is 7.19. The number of hydrogen-bond acceptors (Lipinski definition) is 5. The predicted molar refractivity (Wildman–Crippen MR) is 75.2 cm³/mol. The molecular formula is C14H22N4O. The fraction of sp³-hybridized carbons (Fsp3) is 0.714. The number of rotatable bonds is 4. The number of nitrogens with two attached hydrogens (primary N) is 1. The Kier molecular flexibility index (Phi) is 3.31. The van der Waals surface area contributed by atoms with Gasteiger partial charge in [-0.1, -0.05) is 0 Å². The third kappa shape index (κ3) is 2.52. The molecule has 0 aromatic carbocycles. The Bertz CT molecular complexity index is 473. The van der Waals surface area contributed by atoms with E-state index in [1.54, 1.807) is 0 Å². The summed E-state index contributed by atoms with van der Waals surface area (Å²) < 4.78 is 0. The third-order valence-electron chi connectivity index (χ3n) is 4.24. The van der Waals surface area contributed by atoms with E-state index in [9.17, 15) is 0 Å². The van der Waals surface area contributed by atoms with Gasteiger partial charge in [0.2, 0.25) is 0 Å². The number of nitrogen functional groups attached to an aromatic ring is 1. The lowest BCUT2D eigenvalue weighted by molar-refractivity contribution is 0.263. The maximum Gasteiger partial charge on any atom is 0.137 e. The highest BCUT2D eigenvalue weighted by molar-refractivity contribution is 5.57. The van der Waals surface area contributed by atoms with E-state index in [1.165, 1.54) is 12.8 Å². The fourth-order valence-electron chi connectivity index (χ4n) is 2.81. The number of nitrogens with zero attached hydrogens (tertiary/aromatic N) is 3. The van der Waals surface area contributed by atoms with Crippen molar-refractivity contribution in [2.45, 2.75) is 38.5 Å². The van der Waals surface area contributed by atoms with Crippen molar-refractivity contribution < 1.29 is 5.11 Å². The maximum absolute atomic E-state index is 9.04. The molecule has 2 heterocycles. The number of aromatic nitrogens is 2. The fourth-order valence-corrected chi connectivity index (χ4v) is 2.81. The number of anilines is 2. The van der Waals surface area contributed by atoms with E-state index in [1.807, 2.05) is 6.92 Å². The van der Waals surface area contributed by atoms with Crippen LogP contribution in [0.1, 0.15) is 43.0 Å². The van der Waals surface area contributed by atoms with Crippen LogP contribution in [0.25, 0.3) is 0 Å². The van der Waals surface area contributed by atoms with Gasteiger partial charge in [-0.25, -0.2) is 9.97 Å². The molecular weight excluding hydrogens is 240 g/mol. The molecule has 1 saturated carbocycles. The molecule has 1 unspecified atom stereocenters. The van der Waals surface area contributed by atoms with Crippen molar-refractivity contribution in [3.63, 3.8) is 0 Å². The van der Waals surface area contributed by atoms with Gasteiger partial charge in [0.25, 0.3) is 0 Å². The summed E-state index contributed by atoms with van der Waals surface area (Å²) in [6.45, 7) is 4.26. The molecule has 5 nitrogen and oxygen atoms in total. The van der Waals surface area contributed by atoms with E-state index < -0.39 is 0 Å². The van der Waals surface area contributed by atoms with Gasteiger partial charge >= 0.3 is 0 Å². The number of aliphatic hydroxyl groups excluding tert-OH is 1. The van der Waals surface area contributed by atoms with Crippen molar-refractivity contribution in [2.75, 3.05) is 30.3 Å². The third-order valence-corrected chi connectivity index (χ3v) is 4.24. The molecule has 104 valence electrons. The monoisotopic (exact) mass is 262 g/mol. The van der Waals surface area contributed by atoms with Crippen molar-refractivity contribution in [1.29, 1.82) is 0 Å². The zero-order chi connectivity index (χ0) is 13.4. The molecule has 1 saturated heterocycles. The Hall–Kier alpha value is -1.36. The average molecular weight is 262 g/mol. The van der Waals surface area contributed by atoms with Gasteiger partial charge < -0.3 is 15.7 Å². The highest BCUT2D eigenvalue weighted by Crippen LogP contribution is 2.40. The normalized spacial score (nSPS) is 23.1. The SMILES string of the molecule is Cc1c(N)nc(C2CC2)nc1N1CCC(CCO)C1. The van der Waals surface area contributed by atoms with Crippen molar-refractivity contribution in [2.24, 2.45) is 5.92 Å². The average Bonchev–Trinajstić information content (AvgIpc) is 3.14. The van der Waals surface area contributed by atoms with Crippen LogP contribution in [0, 0.1) is 12.8 Å². The van der Waals surface area contributed by atoms with Crippen LogP contribution in [-0.2, 0) is 0 Å². The van der Waals surface area contributed by atoms with Gasteiger partial charge in [0.15, 0.2) is 0 Å². The van der Waals surface area contributed by atoms with E-state index in [0.717, 1.165) is 43.1 Å². The molecule has 1 aromatic rings. The second-order valence-corrected chi connectivity index (χ2v) is 5.80. The molecule has 0 bridgehead atoms. The second-order valence-electron chi connectivity index (χ2n) is 5.80. The van der Waals surface area contributed by atoms with E-state index >= 15 is 0 Å². The Morgan fingerprint density at radius 3 is 2.79 bits per heavy atom. The van der Waals surface area contributed by atoms with Crippen molar-refractivity contribution >= 4 is 11.6 Å². The first-order chi connectivity index (χ1) is 9.19. The predicted octanol–water partition coefficient (Wildman–Crippen LogP) is 1.45. The summed E-state index contributed by atoms with van der Waals surface area (Å²) in [5.41, 5.74) is 7.02. The van der Waals surface area contributed by atoms with Crippen molar-refractivity contribution in [3.05, 3.63) is 11.4 Å². The molecule has 3 N–H and O–H groups in total. The molecule has 5 heteroatoms. The molecule has 0 spiro atoms. The van der Waals surface area contributed by atoms with Crippen LogP contribution < -0.4 is 10.6 Å². The lowest BCUT2D eigenvalue weighted by Gasteiger charge is -2.21. The molecule has 1 aliphatic heterocycles. The van der Waals surface area contributed by atoms with Gasteiger partial charge in [0.05, 0.1) is 0 Å². The van der Waals surface area contributed by atoms with Gasteiger partial charge in [-0.3, -0.25) is 0 Å². The summed E-state index contributed by atoms with van der Waals surface area (Å²) >= 11 is 0. The van der Waals surface area contributed by atoms with Crippen LogP contribution in [0.5, 0.6) is 0 Å². The van der Waals surface area contributed by atoms with Crippen LogP contribution in [0.3, 0.4) is 0 Å². The van der Waals surface area contributed by atoms with Crippen LogP contribution >= 0.6 is 0 Å². The summed E-state index contributed by atoms with van der Waals surface area (Å²) in [6, 6.07) is 0. The molecule has 1 atom stereocenters. The lowest BCUT2D eigenvalue weighted by Crippen LogP contribution is -2.23. The Morgan fingerprint density at radius 1 is 1.32 bits per heavy atom. The van der Waals surface area contributed by atoms with Crippen molar-refractivity contribution in [3.8, 4) is 0 Å². The molecule has 1 aromatic heterocycles. The smallest absolute Gasteiger partial charge is 0.137 e. The van der Waals surface area contributed by atoms with Crippen LogP contribution in [0.2, 0.25) is 0 Å². The summed E-state index contributed by atoms with van der Waals surface area (Å²) in [4.78, 5) is 11.5. The standard InChI is InChI=1S/C14H22N4O/c1-9-12(15)16-13(11-2-3-11)17-14(9)18-6-4-10(8-18)5-7-19/h10-11,19H,2-8H2,1H3,(H2,15,16,17). The Morgan fingerprint density at radius 2 is 2.11 bits per heavy atom. The molecule has 0 amide bonds. The Labute approximate surface area is 113 Å². The summed E-state index contributed by atoms with van der Waals surface area (Å²) in [7, 11) is 0. The largest absolute Gasteiger partial charge is 0.396 e. The van der Waals surface area contributed by atoms with E-state index in [-0.39, 0.29) is 6.61 Å². The molecule has 1 aliphatic carbocycles. The first-order valence-electron chi connectivity index (χ1n) is 7.19. The minimum absolute atomic E-state index is 0.275. The van der Waals surface area contributed by atoms with Crippen LogP contribution in [0.4, 0.5) is 11.6 Å². The highest BCUT2D eigenvalue weighted by atomic mass is 16.3. The summed E-state index contributed by atoms with van der Waals surface area (Å²) in [5.74, 6) is 3.65. The molecule has 2 fully saturated rings. The Balaban J connectivity index is 1.83. The zero-order valence-corrected chi connectivity index (χ0v) is 11.5. The molecule has 0 radical (unpaired) electrons. The number of hydrogen-bond donors (Lipinski definition) is 2. The maximum atomic E-state index is 9.04. The summed E-state index contributed by atoms with van der Waals surface area (Å²) in [6.07, 6.45) is 4.39. The summed E-state index contributed by atoms with van der Waals surface area (Å²) in [5, 5.41) is 9.04. The van der Waals surface area contributed by atoms with Gasteiger partial charge in [-0.15, -0.1) is 0 Å². The highest BCUT2D eigenvalue weighted by Gasteiger charge is 2.30. The quantitative estimate of drug-likeness (QED) is 0.859. The lowest BCUT2D eigenvalue weighted by atomic mass is 10.1. The number of aliphatic hydroxyl groups is 1. The van der Waals surface area contributed by atoms with Crippen molar-refractivity contribution in [1.82, 2.24) is 9.97 Å². The first kappa shape index (κ1) is 12.7. The molecule has 19 heavy (non-hydrogen) atoms. The van der Waals surface area contributed by atoms with E-state index in [2.05, 4.69) is 9.88 Å². The zero-order valence-electron chi connectivity index (χ0n) is 11.5. The van der Waals surface area contributed by atoms with E-state index in [4.69, 9.17) is 15.8 Å². The van der Waals surface area contributed by atoms with Crippen LogP contribution in [0.15, 0.2) is 0 Å². The second kappa shape index (κ2) is 4.96. The molecule has 2 aliphatic rings. The topological polar surface area (TPSA) is 75.3 Å². The van der Waals surface area contributed by atoms with E-state index in [0.29, 0.717) is 17.7 Å². The van der Waals surface area contributed by atoms with Crippen LogP contribution in [-0.4, -0.2) is 34.8 Å². The minimum Gasteiger partial charge on any atom is -0.396 e. The minimum atomic E-state index is 0.275. The van der Waals surface area contributed by atoms with Gasteiger partial charge in [0.1, 0.15) is 17.5 Å². The van der Waals surface area contributed by atoms with Gasteiger partial charge in [0, 0.05) is 31.2 Å². The van der Waals surface area contributed by atoms with Gasteiger partial charge in [-0.2, -0.15) is 0 Å².